The van der Waals surface area contributed by atoms with Crippen molar-refractivity contribution >= 4 is 5.91 Å². The van der Waals surface area contributed by atoms with Crippen molar-refractivity contribution in [2.45, 2.75) is 90.5 Å². The number of hydrogen-bond acceptors (Lipinski definition) is 3. The highest BCUT2D eigenvalue weighted by Gasteiger charge is 2.19. The summed E-state index contributed by atoms with van der Waals surface area (Å²) in [7, 11) is 0. The molecule has 2 heterocycles. The van der Waals surface area contributed by atoms with Crippen LogP contribution in [0.4, 0.5) is 0 Å². The fourth-order valence-corrected chi connectivity index (χ4v) is 3.95. The summed E-state index contributed by atoms with van der Waals surface area (Å²) in [5.41, 5.74) is 6.50. The largest absolute Gasteiger partial charge is 0.370 e. The smallest absolute Gasteiger partial charge is 0.217 e. The third-order valence-electron chi connectivity index (χ3n) is 5.87. The molecule has 2 N–H and O–H groups in total. The molecule has 154 valence electrons. The number of unbranched alkanes of at least 4 members (excludes halogenated alkanes) is 6. The number of nitrogens with two attached hydrogens (primary N) is 1. The van der Waals surface area contributed by atoms with E-state index in [0.717, 1.165) is 25.3 Å². The molecule has 1 aromatic rings. The second-order valence-corrected chi connectivity index (χ2v) is 8.63. The summed E-state index contributed by atoms with van der Waals surface area (Å²) >= 11 is 0. The molecule has 1 fully saturated rings. The molecule has 1 aromatic heterocycles. The number of aromatic nitrogens is 2. The van der Waals surface area contributed by atoms with Gasteiger partial charge in [-0.05, 0) is 62.7 Å². The lowest BCUT2D eigenvalue weighted by molar-refractivity contribution is -0.118. The lowest BCUT2D eigenvalue weighted by Gasteiger charge is -2.31. The summed E-state index contributed by atoms with van der Waals surface area (Å²) in [5.74, 6) is 1.18. The Bertz CT molecular complexity index is 532. The normalized spacial score (nSPS) is 16.3. The number of nitrogens with zero attached hydrogens (tertiary/aromatic N) is 3. The summed E-state index contributed by atoms with van der Waals surface area (Å²) in [6.07, 6.45) is 16.0. The van der Waals surface area contributed by atoms with Gasteiger partial charge in [0.2, 0.25) is 5.91 Å². The summed E-state index contributed by atoms with van der Waals surface area (Å²) in [6, 6.07) is 0. The average Bonchev–Trinajstić information content (AvgIpc) is 3.10. The van der Waals surface area contributed by atoms with Crippen LogP contribution in [0.5, 0.6) is 0 Å². The topological polar surface area (TPSA) is 64.2 Å². The zero-order chi connectivity index (χ0) is 19.5. The Labute approximate surface area is 165 Å². The van der Waals surface area contributed by atoms with Crippen LogP contribution in [-0.2, 0) is 11.3 Å². The predicted octanol–water partition coefficient (Wildman–Crippen LogP) is 4.32. The molecule has 5 heteroatoms. The number of hydrogen-bond donors (Lipinski definition) is 1. The fraction of sp³-hybridized carbons (Fsp3) is 0.818. The van der Waals surface area contributed by atoms with Crippen molar-refractivity contribution in [1.29, 1.82) is 0 Å². The number of carbonyl (C=O) groups is 1. The van der Waals surface area contributed by atoms with Gasteiger partial charge in [-0.1, -0.05) is 46.0 Å². The molecule has 1 aliphatic heterocycles. The van der Waals surface area contributed by atoms with Gasteiger partial charge in [0.05, 0.1) is 6.20 Å². The summed E-state index contributed by atoms with van der Waals surface area (Å²) < 4.78 is 2.15. The van der Waals surface area contributed by atoms with Crippen LogP contribution >= 0.6 is 0 Å². The Hall–Kier alpha value is -1.36. The Morgan fingerprint density at radius 2 is 1.74 bits per heavy atom. The van der Waals surface area contributed by atoms with Crippen LogP contribution in [0.1, 0.15) is 89.5 Å². The van der Waals surface area contributed by atoms with E-state index in [-0.39, 0.29) is 5.91 Å². The van der Waals surface area contributed by atoms with Crippen LogP contribution in [0.2, 0.25) is 0 Å². The van der Waals surface area contributed by atoms with Gasteiger partial charge >= 0.3 is 0 Å². The van der Waals surface area contributed by atoms with Gasteiger partial charge < -0.3 is 10.6 Å². The van der Waals surface area contributed by atoms with E-state index < -0.39 is 0 Å². The van der Waals surface area contributed by atoms with E-state index in [1.54, 1.807) is 0 Å². The number of rotatable bonds is 13. The van der Waals surface area contributed by atoms with Crippen molar-refractivity contribution < 1.29 is 4.79 Å². The van der Waals surface area contributed by atoms with Gasteiger partial charge in [0, 0.05) is 19.2 Å². The highest BCUT2D eigenvalue weighted by atomic mass is 16.1. The number of carbonyl (C=O) groups excluding carboxylic acids is 1. The van der Waals surface area contributed by atoms with Crippen LogP contribution in [0.25, 0.3) is 0 Å². The van der Waals surface area contributed by atoms with E-state index in [0.29, 0.717) is 12.3 Å². The molecule has 1 amide bonds. The van der Waals surface area contributed by atoms with E-state index in [2.05, 4.69) is 34.7 Å². The van der Waals surface area contributed by atoms with Crippen LogP contribution in [0, 0.1) is 5.92 Å². The highest BCUT2D eigenvalue weighted by molar-refractivity contribution is 5.73. The number of piperidine rings is 1. The standard InChI is InChI=1S/C22H40N4O/c1-19(2)21-16-24-26(18-21)17-20-11-14-25(15-12-20)13-9-7-5-3-4-6-8-10-22(23)27/h16,18-20H,3-15,17H2,1-2H3,(H2,23,27). The molecule has 0 unspecified atom stereocenters. The molecule has 0 atom stereocenters. The van der Waals surface area contributed by atoms with E-state index in [4.69, 9.17) is 5.73 Å². The Kier molecular flexibility index (Phi) is 9.89. The van der Waals surface area contributed by atoms with Crippen LogP contribution < -0.4 is 5.73 Å². The van der Waals surface area contributed by atoms with Gasteiger partial charge in [0.25, 0.3) is 0 Å². The molecule has 0 aromatic carbocycles. The van der Waals surface area contributed by atoms with Crippen molar-refractivity contribution in [2.75, 3.05) is 19.6 Å². The third-order valence-corrected chi connectivity index (χ3v) is 5.87. The number of likely N-dealkylation sites (tertiary alicyclic amines) is 1. The number of amides is 1. The predicted molar refractivity (Wildman–Crippen MR) is 112 cm³/mol. The van der Waals surface area contributed by atoms with Crippen molar-refractivity contribution in [1.82, 2.24) is 14.7 Å². The zero-order valence-corrected chi connectivity index (χ0v) is 17.5. The van der Waals surface area contributed by atoms with Crippen molar-refractivity contribution in [2.24, 2.45) is 11.7 Å². The van der Waals surface area contributed by atoms with E-state index in [9.17, 15) is 4.79 Å². The molecule has 0 spiro atoms. The maximum Gasteiger partial charge on any atom is 0.217 e. The monoisotopic (exact) mass is 376 g/mol. The maximum absolute atomic E-state index is 10.7. The SMILES string of the molecule is CC(C)c1cnn(CC2CCN(CCCCCCCCCC(N)=O)CC2)c1. The van der Waals surface area contributed by atoms with Gasteiger partial charge in [-0.2, -0.15) is 5.10 Å². The highest BCUT2D eigenvalue weighted by Crippen LogP contribution is 2.21. The fourth-order valence-electron chi connectivity index (χ4n) is 3.95. The quantitative estimate of drug-likeness (QED) is 0.521. The molecule has 0 saturated carbocycles. The minimum atomic E-state index is -0.163. The molecule has 0 bridgehead atoms. The second kappa shape index (κ2) is 12.2. The Balaban J connectivity index is 1.47. The first-order chi connectivity index (χ1) is 13.0. The molecule has 2 rings (SSSR count). The third kappa shape index (κ3) is 8.91. The minimum absolute atomic E-state index is 0.163. The summed E-state index contributed by atoms with van der Waals surface area (Å²) in [5, 5.41) is 4.54. The molecule has 27 heavy (non-hydrogen) atoms. The number of primary amides is 1. The maximum atomic E-state index is 10.7. The van der Waals surface area contributed by atoms with E-state index >= 15 is 0 Å². The van der Waals surface area contributed by atoms with Crippen LogP contribution in [0.3, 0.4) is 0 Å². The van der Waals surface area contributed by atoms with Crippen molar-refractivity contribution in [3.05, 3.63) is 18.0 Å². The molecule has 1 aliphatic rings. The summed E-state index contributed by atoms with van der Waals surface area (Å²) in [6.45, 7) is 9.28. The van der Waals surface area contributed by atoms with Crippen molar-refractivity contribution in [3.8, 4) is 0 Å². The zero-order valence-electron chi connectivity index (χ0n) is 17.5. The molecule has 0 radical (unpaired) electrons. The summed E-state index contributed by atoms with van der Waals surface area (Å²) in [4.78, 5) is 13.3. The molecular weight excluding hydrogens is 336 g/mol. The molecule has 5 nitrogen and oxygen atoms in total. The lowest BCUT2D eigenvalue weighted by atomic mass is 9.96. The van der Waals surface area contributed by atoms with Crippen LogP contribution in [-0.4, -0.2) is 40.2 Å². The first-order valence-electron chi connectivity index (χ1n) is 11.1. The van der Waals surface area contributed by atoms with Gasteiger partial charge in [-0.25, -0.2) is 0 Å². The van der Waals surface area contributed by atoms with Gasteiger partial charge in [-0.3, -0.25) is 9.48 Å². The minimum Gasteiger partial charge on any atom is -0.370 e. The average molecular weight is 377 g/mol. The van der Waals surface area contributed by atoms with E-state index in [1.807, 2.05) is 6.20 Å². The molecule has 1 saturated heterocycles. The molecule has 0 aliphatic carbocycles. The van der Waals surface area contributed by atoms with Gasteiger partial charge in [0.15, 0.2) is 0 Å². The molecular formula is C22H40N4O. The first kappa shape index (κ1) is 21.9. The lowest BCUT2D eigenvalue weighted by Crippen LogP contribution is -2.35. The van der Waals surface area contributed by atoms with Crippen LogP contribution in [0.15, 0.2) is 12.4 Å². The Morgan fingerprint density at radius 3 is 2.33 bits per heavy atom. The van der Waals surface area contributed by atoms with Crippen molar-refractivity contribution in [3.63, 3.8) is 0 Å². The Morgan fingerprint density at radius 1 is 1.11 bits per heavy atom. The van der Waals surface area contributed by atoms with Gasteiger partial charge in [0.1, 0.15) is 0 Å². The van der Waals surface area contributed by atoms with Gasteiger partial charge in [-0.15, -0.1) is 0 Å². The first-order valence-corrected chi connectivity index (χ1v) is 11.1. The van der Waals surface area contributed by atoms with E-state index in [1.165, 1.54) is 70.1 Å². The second-order valence-electron chi connectivity index (χ2n) is 8.63.